The van der Waals surface area contributed by atoms with E-state index < -0.39 is 41.6 Å². The van der Waals surface area contributed by atoms with E-state index >= 15 is 0 Å². The first-order chi connectivity index (χ1) is 20.2. The smallest absolute Gasteiger partial charge is 0.312 e. The number of hydrogen-bond donors (Lipinski definition) is 1. The molecule has 1 spiro atoms. The number of carbonyl (C=O) groups is 3. The number of benzene rings is 2. The molecule has 8 nitrogen and oxygen atoms in total. The molecule has 224 valence electrons. The van der Waals surface area contributed by atoms with E-state index in [-0.39, 0.29) is 42.3 Å². The van der Waals surface area contributed by atoms with Gasteiger partial charge in [-0.2, -0.15) is 0 Å². The molecule has 9 heteroatoms. The van der Waals surface area contributed by atoms with E-state index in [1.165, 1.54) is 4.90 Å². The Morgan fingerprint density at radius 3 is 2.62 bits per heavy atom. The predicted octanol–water partition coefficient (Wildman–Crippen LogP) is 4.63. The lowest BCUT2D eigenvalue weighted by Gasteiger charge is -2.39. The van der Waals surface area contributed by atoms with Crippen LogP contribution in [0, 0.1) is 17.8 Å². The standard InChI is InChI=1S/C33H39BrN2O6/c1-5-7-15-41-32(40)26-27-30(38)36(24(19-37)16-20(3)4)29(33(27)18-25(34)28(26)42-33)31(39)35(14-6-2)23-13-12-21-10-8-9-11-22(21)17-23/h5-6,8-13,17,20,24-29,37H,1-2,7,14-16,18-19H2,3-4H3/t24-,25?,26+,27+,28+,29?,33?/m1/s1. The first-order valence-electron chi connectivity index (χ1n) is 14.6. The molecule has 7 atom stereocenters. The van der Waals surface area contributed by atoms with Crippen molar-refractivity contribution in [2.45, 2.75) is 61.7 Å². The van der Waals surface area contributed by atoms with Crippen LogP contribution in [0.5, 0.6) is 0 Å². The van der Waals surface area contributed by atoms with Gasteiger partial charge in [0.25, 0.3) is 5.91 Å². The van der Waals surface area contributed by atoms with Gasteiger partial charge in [0.15, 0.2) is 0 Å². The van der Waals surface area contributed by atoms with Crippen LogP contribution in [0.3, 0.4) is 0 Å². The second-order valence-corrected chi connectivity index (χ2v) is 13.1. The van der Waals surface area contributed by atoms with Gasteiger partial charge in [-0.15, -0.1) is 13.2 Å². The third kappa shape index (κ3) is 5.09. The van der Waals surface area contributed by atoms with E-state index in [1.54, 1.807) is 17.1 Å². The number of anilines is 1. The van der Waals surface area contributed by atoms with Gasteiger partial charge < -0.3 is 24.4 Å². The molecule has 3 unspecified atom stereocenters. The molecular weight excluding hydrogens is 600 g/mol. The van der Waals surface area contributed by atoms with Crippen LogP contribution in [0.1, 0.15) is 33.1 Å². The summed E-state index contributed by atoms with van der Waals surface area (Å²) in [5.74, 6) is -2.81. The highest BCUT2D eigenvalue weighted by molar-refractivity contribution is 9.09. The number of carbonyl (C=O) groups excluding carboxylic acids is 3. The van der Waals surface area contributed by atoms with E-state index in [2.05, 4.69) is 29.1 Å². The second kappa shape index (κ2) is 12.3. The summed E-state index contributed by atoms with van der Waals surface area (Å²) in [4.78, 5) is 45.6. The number of aliphatic hydroxyl groups excluding tert-OH is 1. The van der Waals surface area contributed by atoms with Gasteiger partial charge in [-0.05, 0) is 48.1 Å². The topological polar surface area (TPSA) is 96.4 Å². The number of aliphatic hydroxyl groups is 1. The van der Waals surface area contributed by atoms with Crippen molar-refractivity contribution >= 4 is 50.2 Å². The number of halogens is 1. The first kappa shape index (κ1) is 30.4. The lowest BCUT2D eigenvalue weighted by molar-refractivity contribution is -0.155. The van der Waals surface area contributed by atoms with Crippen LogP contribution in [0.4, 0.5) is 5.69 Å². The van der Waals surface area contributed by atoms with Crippen LogP contribution in [-0.2, 0) is 23.9 Å². The zero-order valence-electron chi connectivity index (χ0n) is 24.2. The SMILES string of the molecule is C=CCCOC(=O)[C@H]1[C@H]2C(=O)N([C@@H](CO)CC(C)C)C(C(=O)N(CC=C)c3ccc4ccccc4c3)C23CC(Br)[C@@H]1O3. The summed E-state index contributed by atoms with van der Waals surface area (Å²) >= 11 is 3.70. The number of alkyl halides is 1. The molecule has 3 heterocycles. The molecule has 0 aromatic heterocycles. The number of esters is 1. The zero-order chi connectivity index (χ0) is 30.2. The molecule has 1 N–H and O–H groups in total. The summed E-state index contributed by atoms with van der Waals surface area (Å²) in [7, 11) is 0. The van der Waals surface area contributed by atoms with Crippen LogP contribution in [0.25, 0.3) is 10.8 Å². The minimum atomic E-state index is -1.25. The van der Waals surface area contributed by atoms with Crippen LogP contribution in [0.2, 0.25) is 0 Å². The average Bonchev–Trinajstić information content (AvgIpc) is 3.57. The quantitative estimate of drug-likeness (QED) is 0.158. The summed E-state index contributed by atoms with van der Waals surface area (Å²) in [5, 5.41) is 12.6. The van der Waals surface area contributed by atoms with E-state index in [9.17, 15) is 19.5 Å². The number of hydrogen-bond acceptors (Lipinski definition) is 6. The van der Waals surface area contributed by atoms with Gasteiger partial charge in [0.2, 0.25) is 5.91 Å². The molecule has 5 rings (SSSR count). The highest BCUT2D eigenvalue weighted by Gasteiger charge is 2.77. The fraction of sp³-hybridized carbons (Fsp3) is 0.485. The number of amides is 2. The van der Waals surface area contributed by atoms with Crippen molar-refractivity contribution in [3.63, 3.8) is 0 Å². The van der Waals surface area contributed by atoms with Crippen molar-refractivity contribution in [3.8, 4) is 0 Å². The molecule has 0 saturated carbocycles. The number of ether oxygens (including phenoxy) is 2. The molecule has 2 aromatic carbocycles. The number of rotatable bonds is 12. The van der Waals surface area contributed by atoms with Crippen LogP contribution in [0.15, 0.2) is 67.8 Å². The fourth-order valence-corrected chi connectivity index (χ4v) is 8.06. The Balaban J connectivity index is 1.60. The van der Waals surface area contributed by atoms with Crippen molar-refractivity contribution in [1.82, 2.24) is 4.90 Å². The summed E-state index contributed by atoms with van der Waals surface area (Å²) < 4.78 is 12.2. The Morgan fingerprint density at radius 1 is 1.21 bits per heavy atom. The zero-order valence-corrected chi connectivity index (χ0v) is 25.7. The van der Waals surface area contributed by atoms with Gasteiger partial charge in [0, 0.05) is 17.1 Å². The molecule has 3 aliphatic rings. The van der Waals surface area contributed by atoms with Crippen molar-refractivity contribution in [2.75, 3.05) is 24.7 Å². The Kier molecular flexibility index (Phi) is 8.92. The Labute approximate surface area is 255 Å². The number of likely N-dealkylation sites (tertiary alicyclic amines) is 1. The highest BCUT2D eigenvalue weighted by atomic mass is 79.9. The first-order valence-corrected chi connectivity index (χ1v) is 15.5. The monoisotopic (exact) mass is 638 g/mol. The van der Waals surface area contributed by atoms with E-state index in [0.29, 0.717) is 24.9 Å². The van der Waals surface area contributed by atoms with Gasteiger partial charge in [0.1, 0.15) is 11.6 Å². The second-order valence-electron chi connectivity index (χ2n) is 11.9. The molecule has 0 aliphatic carbocycles. The molecule has 2 bridgehead atoms. The lowest BCUT2D eigenvalue weighted by Crippen LogP contribution is -2.59. The molecule has 2 aromatic rings. The summed E-state index contributed by atoms with van der Waals surface area (Å²) in [5.41, 5.74) is -0.589. The van der Waals surface area contributed by atoms with Gasteiger partial charge in [-0.3, -0.25) is 14.4 Å². The molecule has 3 saturated heterocycles. The third-order valence-electron chi connectivity index (χ3n) is 8.77. The van der Waals surface area contributed by atoms with E-state index in [0.717, 1.165) is 10.8 Å². The minimum absolute atomic E-state index is 0.147. The van der Waals surface area contributed by atoms with Crippen molar-refractivity contribution in [1.29, 1.82) is 0 Å². The molecular formula is C33H39BrN2O6. The van der Waals surface area contributed by atoms with Gasteiger partial charge in [0.05, 0.1) is 37.2 Å². The van der Waals surface area contributed by atoms with Crippen LogP contribution >= 0.6 is 15.9 Å². The maximum Gasteiger partial charge on any atom is 0.312 e. The van der Waals surface area contributed by atoms with Crippen molar-refractivity contribution in [3.05, 3.63) is 67.8 Å². The third-order valence-corrected chi connectivity index (χ3v) is 9.61. The summed E-state index contributed by atoms with van der Waals surface area (Å²) in [6.07, 6.45) is 4.05. The molecule has 42 heavy (non-hydrogen) atoms. The number of fused-ring (bicyclic) bond motifs is 2. The molecule has 2 amide bonds. The lowest BCUT2D eigenvalue weighted by atomic mass is 9.70. The highest BCUT2D eigenvalue weighted by Crippen LogP contribution is 2.61. The summed E-state index contributed by atoms with van der Waals surface area (Å²) in [6.45, 7) is 11.6. The number of nitrogens with zero attached hydrogens (tertiary/aromatic N) is 2. The van der Waals surface area contributed by atoms with Crippen LogP contribution in [-0.4, -0.2) is 76.2 Å². The predicted molar refractivity (Wildman–Crippen MR) is 165 cm³/mol. The minimum Gasteiger partial charge on any atom is -0.465 e. The largest absolute Gasteiger partial charge is 0.465 e. The van der Waals surface area contributed by atoms with Gasteiger partial charge in [-0.1, -0.05) is 72.3 Å². The average molecular weight is 640 g/mol. The Hall–Kier alpha value is -3.01. The fourth-order valence-electron chi connectivity index (χ4n) is 7.11. The molecule has 0 radical (unpaired) electrons. The maximum absolute atomic E-state index is 14.8. The molecule has 3 fully saturated rings. The maximum atomic E-state index is 14.8. The summed E-state index contributed by atoms with van der Waals surface area (Å²) in [6, 6.07) is 12.0. The van der Waals surface area contributed by atoms with Crippen molar-refractivity contribution < 1.29 is 29.0 Å². The van der Waals surface area contributed by atoms with Gasteiger partial charge in [-0.25, -0.2) is 0 Å². The van der Waals surface area contributed by atoms with E-state index in [4.69, 9.17) is 9.47 Å². The van der Waals surface area contributed by atoms with Crippen molar-refractivity contribution in [2.24, 2.45) is 17.8 Å². The Bertz CT molecular complexity index is 1380. The van der Waals surface area contributed by atoms with E-state index in [1.807, 2.05) is 56.3 Å². The normalized spacial score (nSPS) is 28.6. The Morgan fingerprint density at radius 2 is 1.95 bits per heavy atom. The van der Waals surface area contributed by atoms with Crippen LogP contribution < -0.4 is 4.90 Å². The molecule has 3 aliphatic heterocycles. The van der Waals surface area contributed by atoms with Gasteiger partial charge >= 0.3 is 5.97 Å².